The standard InChI is InChI=1S/C13H25N3O2/c1-13(2,3)18-12(17)16-7-6-15-5-4-10(8-14)11(15)9-16/h10-11H,4-9,14H2,1-3H3. The Balaban J connectivity index is 1.94. The Morgan fingerprint density at radius 3 is 2.67 bits per heavy atom. The van der Waals surface area contributed by atoms with Crippen molar-refractivity contribution in [3.8, 4) is 0 Å². The molecule has 2 heterocycles. The fourth-order valence-corrected chi connectivity index (χ4v) is 2.86. The molecule has 0 radical (unpaired) electrons. The van der Waals surface area contributed by atoms with Gasteiger partial charge >= 0.3 is 6.09 Å². The number of fused-ring (bicyclic) bond motifs is 1. The van der Waals surface area contributed by atoms with Crippen molar-refractivity contribution in [2.24, 2.45) is 11.7 Å². The SMILES string of the molecule is CC(C)(C)OC(=O)N1CCN2CCC(CN)C2C1. The smallest absolute Gasteiger partial charge is 0.410 e. The van der Waals surface area contributed by atoms with Crippen LogP contribution in [0.5, 0.6) is 0 Å². The number of ether oxygens (including phenoxy) is 1. The number of carbonyl (C=O) groups is 1. The van der Waals surface area contributed by atoms with Gasteiger partial charge in [-0.2, -0.15) is 0 Å². The fraction of sp³-hybridized carbons (Fsp3) is 0.923. The Labute approximate surface area is 109 Å². The van der Waals surface area contributed by atoms with Crippen molar-refractivity contribution in [3.63, 3.8) is 0 Å². The number of nitrogens with zero attached hydrogens (tertiary/aromatic N) is 2. The van der Waals surface area contributed by atoms with Crippen molar-refractivity contribution in [3.05, 3.63) is 0 Å². The maximum Gasteiger partial charge on any atom is 0.410 e. The number of piperazine rings is 1. The second kappa shape index (κ2) is 5.05. The highest BCUT2D eigenvalue weighted by molar-refractivity contribution is 5.68. The van der Waals surface area contributed by atoms with Crippen molar-refractivity contribution in [1.82, 2.24) is 9.80 Å². The zero-order valence-electron chi connectivity index (χ0n) is 11.7. The van der Waals surface area contributed by atoms with Crippen LogP contribution in [0.15, 0.2) is 0 Å². The topological polar surface area (TPSA) is 58.8 Å². The molecule has 18 heavy (non-hydrogen) atoms. The first-order valence-corrected chi connectivity index (χ1v) is 6.83. The largest absolute Gasteiger partial charge is 0.444 e. The van der Waals surface area contributed by atoms with E-state index in [9.17, 15) is 4.79 Å². The van der Waals surface area contributed by atoms with Gasteiger partial charge in [0.15, 0.2) is 0 Å². The van der Waals surface area contributed by atoms with E-state index in [0.717, 1.165) is 32.6 Å². The molecule has 0 aromatic rings. The van der Waals surface area contributed by atoms with Gasteiger partial charge in [0.2, 0.25) is 0 Å². The molecule has 2 aliphatic rings. The van der Waals surface area contributed by atoms with Crippen LogP contribution >= 0.6 is 0 Å². The lowest BCUT2D eigenvalue weighted by atomic mass is 9.99. The van der Waals surface area contributed by atoms with Gasteiger partial charge in [-0.25, -0.2) is 4.79 Å². The van der Waals surface area contributed by atoms with Crippen molar-refractivity contribution in [2.75, 3.05) is 32.7 Å². The first-order valence-electron chi connectivity index (χ1n) is 6.83. The maximum absolute atomic E-state index is 12.1. The third-order valence-electron chi connectivity index (χ3n) is 3.82. The van der Waals surface area contributed by atoms with E-state index < -0.39 is 5.60 Å². The predicted octanol–water partition coefficient (Wildman–Crippen LogP) is 0.886. The molecule has 2 atom stereocenters. The Morgan fingerprint density at radius 2 is 2.06 bits per heavy atom. The Kier molecular flexibility index (Phi) is 3.82. The number of rotatable bonds is 1. The zero-order chi connectivity index (χ0) is 13.3. The van der Waals surface area contributed by atoms with E-state index in [1.54, 1.807) is 0 Å². The number of nitrogens with two attached hydrogens (primary N) is 1. The number of hydrogen-bond donors (Lipinski definition) is 1. The summed E-state index contributed by atoms with van der Waals surface area (Å²) in [6, 6.07) is 0.427. The van der Waals surface area contributed by atoms with Gasteiger partial charge in [-0.05, 0) is 46.2 Å². The fourth-order valence-electron chi connectivity index (χ4n) is 2.86. The Hall–Kier alpha value is -0.810. The lowest BCUT2D eigenvalue weighted by Gasteiger charge is -2.39. The summed E-state index contributed by atoms with van der Waals surface area (Å²) in [5, 5.41) is 0. The van der Waals surface area contributed by atoms with Crippen LogP contribution < -0.4 is 5.73 Å². The van der Waals surface area contributed by atoms with Crippen LogP contribution in [0, 0.1) is 5.92 Å². The molecule has 2 aliphatic heterocycles. The average Bonchev–Trinajstić information content (AvgIpc) is 2.68. The van der Waals surface area contributed by atoms with E-state index in [2.05, 4.69) is 4.90 Å². The summed E-state index contributed by atoms with van der Waals surface area (Å²) in [6.07, 6.45) is 0.966. The molecule has 0 bridgehead atoms. The summed E-state index contributed by atoms with van der Waals surface area (Å²) in [5.41, 5.74) is 5.38. The lowest BCUT2D eigenvalue weighted by molar-refractivity contribution is 0.00643. The molecule has 0 aromatic heterocycles. The van der Waals surface area contributed by atoms with Crippen molar-refractivity contribution in [2.45, 2.75) is 38.8 Å². The normalized spacial score (nSPS) is 29.2. The third-order valence-corrected chi connectivity index (χ3v) is 3.82. The Morgan fingerprint density at radius 1 is 1.33 bits per heavy atom. The summed E-state index contributed by atoms with van der Waals surface area (Å²) < 4.78 is 5.43. The minimum absolute atomic E-state index is 0.190. The van der Waals surface area contributed by atoms with Gasteiger partial charge < -0.3 is 15.4 Å². The minimum Gasteiger partial charge on any atom is -0.444 e. The van der Waals surface area contributed by atoms with Crippen LogP contribution in [-0.2, 0) is 4.74 Å². The monoisotopic (exact) mass is 255 g/mol. The lowest BCUT2D eigenvalue weighted by Crippen LogP contribution is -2.55. The van der Waals surface area contributed by atoms with Crippen LogP contribution in [0.3, 0.4) is 0 Å². The summed E-state index contributed by atoms with van der Waals surface area (Å²) in [4.78, 5) is 16.3. The molecule has 2 N–H and O–H groups in total. The molecule has 2 fully saturated rings. The highest BCUT2D eigenvalue weighted by Crippen LogP contribution is 2.27. The molecular weight excluding hydrogens is 230 g/mol. The number of hydrogen-bond acceptors (Lipinski definition) is 4. The van der Waals surface area contributed by atoms with E-state index in [1.165, 1.54) is 0 Å². The summed E-state index contributed by atoms with van der Waals surface area (Å²) in [5.74, 6) is 0.523. The van der Waals surface area contributed by atoms with Gasteiger partial charge in [-0.3, -0.25) is 4.90 Å². The molecule has 0 aromatic carbocycles. The molecule has 104 valence electrons. The molecule has 0 aliphatic carbocycles. The van der Waals surface area contributed by atoms with Gasteiger partial charge in [0.1, 0.15) is 5.60 Å². The van der Waals surface area contributed by atoms with Crippen molar-refractivity contribution >= 4 is 6.09 Å². The highest BCUT2D eigenvalue weighted by Gasteiger charge is 2.39. The van der Waals surface area contributed by atoms with Crippen LogP contribution in [0.1, 0.15) is 27.2 Å². The maximum atomic E-state index is 12.1. The van der Waals surface area contributed by atoms with E-state index >= 15 is 0 Å². The molecule has 1 amide bonds. The van der Waals surface area contributed by atoms with Crippen LogP contribution in [0.4, 0.5) is 4.79 Å². The molecule has 5 nitrogen and oxygen atoms in total. The number of carbonyl (C=O) groups excluding carboxylic acids is 1. The van der Waals surface area contributed by atoms with Crippen molar-refractivity contribution < 1.29 is 9.53 Å². The minimum atomic E-state index is -0.419. The van der Waals surface area contributed by atoms with Gasteiger partial charge in [0.05, 0.1) is 0 Å². The molecule has 0 saturated carbocycles. The first-order chi connectivity index (χ1) is 8.40. The second-order valence-corrected chi connectivity index (χ2v) is 6.31. The van der Waals surface area contributed by atoms with Gasteiger partial charge in [-0.15, -0.1) is 0 Å². The van der Waals surface area contributed by atoms with E-state index in [4.69, 9.17) is 10.5 Å². The van der Waals surface area contributed by atoms with Gasteiger partial charge in [0.25, 0.3) is 0 Å². The Bertz CT molecular complexity index is 308. The summed E-state index contributed by atoms with van der Waals surface area (Å²) in [6.45, 7) is 10.0. The molecule has 0 spiro atoms. The molecule has 5 heteroatoms. The van der Waals surface area contributed by atoms with E-state index in [-0.39, 0.29) is 6.09 Å². The molecular formula is C13H25N3O2. The summed E-state index contributed by atoms with van der Waals surface area (Å²) >= 11 is 0. The highest BCUT2D eigenvalue weighted by atomic mass is 16.6. The van der Waals surface area contributed by atoms with E-state index in [1.807, 2.05) is 25.7 Å². The molecule has 2 unspecified atom stereocenters. The quantitative estimate of drug-likeness (QED) is 0.756. The second-order valence-electron chi connectivity index (χ2n) is 6.31. The van der Waals surface area contributed by atoms with Gasteiger partial charge in [0, 0.05) is 25.7 Å². The summed E-state index contributed by atoms with van der Waals surface area (Å²) in [7, 11) is 0. The molecule has 2 rings (SSSR count). The average molecular weight is 255 g/mol. The predicted molar refractivity (Wildman–Crippen MR) is 70.3 cm³/mol. The zero-order valence-corrected chi connectivity index (χ0v) is 11.7. The molecule has 2 saturated heterocycles. The van der Waals surface area contributed by atoms with E-state index in [0.29, 0.717) is 18.5 Å². The first kappa shape index (κ1) is 13.6. The third kappa shape index (κ3) is 2.95. The van der Waals surface area contributed by atoms with Gasteiger partial charge in [-0.1, -0.05) is 0 Å². The van der Waals surface area contributed by atoms with Crippen LogP contribution in [-0.4, -0.2) is 60.3 Å². The van der Waals surface area contributed by atoms with Crippen LogP contribution in [0.2, 0.25) is 0 Å². The van der Waals surface area contributed by atoms with Crippen molar-refractivity contribution in [1.29, 1.82) is 0 Å². The number of amides is 1. The van der Waals surface area contributed by atoms with Crippen LogP contribution in [0.25, 0.3) is 0 Å².